The normalized spacial score (nSPS) is 14.1. The number of nitrogens with zero attached hydrogens (tertiary/aromatic N) is 1. The third-order valence-electron chi connectivity index (χ3n) is 3.57. The average molecular weight is 334 g/mol. The number of ether oxygens (including phenoxy) is 2. The van der Waals surface area contributed by atoms with E-state index in [4.69, 9.17) is 9.47 Å². The minimum absolute atomic E-state index is 0.0639. The molecule has 0 aromatic heterocycles. The SMILES string of the molecule is CC(=O)Nc1ccc(C(=O)OCCCC(=O)N2CCOCC2)cc1. The largest absolute Gasteiger partial charge is 0.462 e. The van der Waals surface area contributed by atoms with E-state index in [0.717, 1.165) is 0 Å². The molecule has 2 rings (SSSR count). The maximum absolute atomic E-state index is 11.9. The molecule has 130 valence electrons. The highest BCUT2D eigenvalue weighted by atomic mass is 16.5. The van der Waals surface area contributed by atoms with Crippen molar-refractivity contribution in [1.82, 2.24) is 4.90 Å². The van der Waals surface area contributed by atoms with Crippen LogP contribution in [0.5, 0.6) is 0 Å². The fourth-order valence-electron chi connectivity index (χ4n) is 2.34. The van der Waals surface area contributed by atoms with Gasteiger partial charge in [0, 0.05) is 32.1 Å². The molecular weight excluding hydrogens is 312 g/mol. The van der Waals surface area contributed by atoms with Crippen LogP contribution in [0, 0.1) is 0 Å². The van der Waals surface area contributed by atoms with Crippen LogP contribution < -0.4 is 5.32 Å². The second kappa shape index (κ2) is 9.02. The molecule has 1 aliphatic rings. The van der Waals surface area contributed by atoms with Crippen LogP contribution in [-0.2, 0) is 19.1 Å². The van der Waals surface area contributed by atoms with E-state index in [1.807, 2.05) is 0 Å². The second-order valence-electron chi connectivity index (χ2n) is 5.49. The Labute approximate surface area is 140 Å². The number of carbonyl (C=O) groups excluding carboxylic acids is 3. The van der Waals surface area contributed by atoms with E-state index in [-0.39, 0.29) is 18.4 Å². The van der Waals surface area contributed by atoms with Crippen molar-refractivity contribution in [3.05, 3.63) is 29.8 Å². The summed E-state index contributed by atoms with van der Waals surface area (Å²) in [5.41, 5.74) is 1.03. The molecule has 1 aromatic rings. The van der Waals surface area contributed by atoms with Gasteiger partial charge in [0.2, 0.25) is 11.8 Å². The van der Waals surface area contributed by atoms with Crippen LogP contribution in [0.4, 0.5) is 5.69 Å². The van der Waals surface area contributed by atoms with E-state index in [0.29, 0.717) is 50.4 Å². The van der Waals surface area contributed by atoms with Crippen molar-refractivity contribution in [3.8, 4) is 0 Å². The predicted octanol–water partition coefficient (Wildman–Crippen LogP) is 1.44. The number of nitrogens with one attached hydrogen (secondary N) is 1. The second-order valence-corrected chi connectivity index (χ2v) is 5.49. The number of carbonyl (C=O) groups is 3. The smallest absolute Gasteiger partial charge is 0.338 e. The summed E-state index contributed by atoms with van der Waals surface area (Å²) < 4.78 is 10.4. The topological polar surface area (TPSA) is 84.9 Å². The lowest BCUT2D eigenvalue weighted by Crippen LogP contribution is -2.40. The number of esters is 1. The Balaban J connectivity index is 1.69. The number of rotatable bonds is 6. The van der Waals surface area contributed by atoms with Crippen molar-refractivity contribution in [3.63, 3.8) is 0 Å². The van der Waals surface area contributed by atoms with Gasteiger partial charge in [-0.05, 0) is 30.7 Å². The molecule has 2 amide bonds. The van der Waals surface area contributed by atoms with Crippen LogP contribution in [0.2, 0.25) is 0 Å². The fourth-order valence-corrected chi connectivity index (χ4v) is 2.34. The summed E-state index contributed by atoms with van der Waals surface area (Å²) >= 11 is 0. The van der Waals surface area contributed by atoms with Crippen LogP contribution in [0.25, 0.3) is 0 Å². The molecule has 0 atom stereocenters. The Bertz CT molecular complexity index is 579. The molecule has 7 heteroatoms. The van der Waals surface area contributed by atoms with Crippen LogP contribution in [0.15, 0.2) is 24.3 Å². The van der Waals surface area contributed by atoms with Gasteiger partial charge in [-0.2, -0.15) is 0 Å². The van der Waals surface area contributed by atoms with Gasteiger partial charge in [0.05, 0.1) is 25.4 Å². The molecule has 1 aliphatic heterocycles. The van der Waals surface area contributed by atoms with E-state index in [1.165, 1.54) is 6.92 Å². The Hall–Kier alpha value is -2.41. The van der Waals surface area contributed by atoms with Crippen molar-refractivity contribution >= 4 is 23.5 Å². The van der Waals surface area contributed by atoms with E-state index in [9.17, 15) is 14.4 Å². The minimum atomic E-state index is -0.441. The van der Waals surface area contributed by atoms with Gasteiger partial charge in [0.15, 0.2) is 0 Å². The molecule has 1 aromatic carbocycles. The highest BCUT2D eigenvalue weighted by molar-refractivity contribution is 5.92. The number of anilines is 1. The first kappa shape index (κ1) is 17.9. The van der Waals surface area contributed by atoms with Crippen LogP contribution in [-0.4, -0.2) is 55.6 Å². The summed E-state index contributed by atoms with van der Waals surface area (Å²) in [4.78, 5) is 36.5. The fraction of sp³-hybridized carbons (Fsp3) is 0.471. The number of hydrogen-bond donors (Lipinski definition) is 1. The zero-order valence-electron chi connectivity index (χ0n) is 13.7. The lowest BCUT2D eigenvalue weighted by atomic mass is 10.2. The lowest BCUT2D eigenvalue weighted by Gasteiger charge is -2.26. The standard InChI is InChI=1S/C17H22N2O5/c1-13(20)18-15-6-4-14(5-7-15)17(22)24-10-2-3-16(21)19-8-11-23-12-9-19/h4-7H,2-3,8-12H2,1H3,(H,18,20). The highest BCUT2D eigenvalue weighted by Gasteiger charge is 2.16. The lowest BCUT2D eigenvalue weighted by molar-refractivity contribution is -0.135. The quantitative estimate of drug-likeness (QED) is 0.628. The molecule has 0 spiro atoms. The van der Waals surface area contributed by atoms with E-state index in [1.54, 1.807) is 29.2 Å². The van der Waals surface area contributed by atoms with Crippen molar-refractivity contribution < 1.29 is 23.9 Å². The Morgan fingerprint density at radius 3 is 2.46 bits per heavy atom. The van der Waals surface area contributed by atoms with Crippen LogP contribution in [0.1, 0.15) is 30.1 Å². The average Bonchev–Trinajstić information content (AvgIpc) is 2.59. The summed E-state index contributed by atoms with van der Waals surface area (Å²) in [6.45, 7) is 4.02. The van der Waals surface area contributed by atoms with E-state index >= 15 is 0 Å². The molecule has 0 unspecified atom stereocenters. The molecule has 0 aliphatic carbocycles. The van der Waals surface area contributed by atoms with Gasteiger partial charge < -0.3 is 19.7 Å². The summed E-state index contributed by atoms with van der Waals surface area (Å²) in [5.74, 6) is -0.549. The van der Waals surface area contributed by atoms with E-state index < -0.39 is 5.97 Å². The summed E-state index contributed by atoms with van der Waals surface area (Å²) in [6.07, 6.45) is 0.848. The molecule has 24 heavy (non-hydrogen) atoms. The first-order chi connectivity index (χ1) is 11.6. The van der Waals surface area contributed by atoms with Gasteiger partial charge in [-0.3, -0.25) is 9.59 Å². The first-order valence-electron chi connectivity index (χ1n) is 7.96. The predicted molar refractivity (Wildman–Crippen MR) is 87.7 cm³/mol. The van der Waals surface area contributed by atoms with Gasteiger partial charge >= 0.3 is 5.97 Å². The molecule has 0 radical (unpaired) electrons. The van der Waals surface area contributed by atoms with Crippen molar-refractivity contribution in [2.45, 2.75) is 19.8 Å². The summed E-state index contributed by atoms with van der Waals surface area (Å²) in [7, 11) is 0. The molecule has 7 nitrogen and oxygen atoms in total. The van der Waals surface area contributed by atoms with Crippen molar-refractivity contribution in [2.75, 3.05) is 38.2 Å². The maximum atomic E-state index is 11.9. The van der Waals surface area contributed by atoms with Crippen LogP contribution >= 0.6 is 0 Å². The summed E-state index contributed by atoms with van der Waals surface area (Å²) in [6, 6.07) is 6.46. The monoisotopic (exact) mass is 334 g/mol. The highest BCUT2D eigenvalue weighted by Crippen LogP contribution is 2.11. The van der Waals surface area contributed by atoms with Crippen molar-refractivity contribution in [2.24, 2.45) is 0 Å². The number of benzene rings is 1. The van der Waals surface area contributed by atoms with Crippen LogP contribution in [0.3, 0.4) is 0 Å². The van der Waals surface area contributed by atoms with Gasteiger partial charge in [-0.1, -0.05) is 0 Å². The molecule has 1 saturated heterocycles. The number of hydrogen-bond acceptors (Lipinski definition) is 5. The summed E-state index contributed by atoms with van der Waals surface area (Å²) in [5, 5.41) is 2.62. The third-order valence-corrected chi connectivity index (χ3v) is 3.57. The molecule has 1 N–H and O–H groups in total. The van der Waals surface area contributed by atoms with Gasteiger partial charge in [0.25, 0.3) is 0 Å². The van der Waals surface area contributed by atoms with Gasteiger partial charge in [0.1, 0.15) is 0 Å². The molecule has 0 saturated carbocycles. The Morgan fingerprint density at radius 1 is 1.17 bits per heavy atom. The van der Waals surface area contributed by atoms with Gasteiger partial charge in [-0.15, -0.1) is 0 Å². The van der Waals surface area contributed by atoms with E-state index in [2.05, 4.69) is 5.32 Å². The van der Waals surface area contributed by atoms with Crippen molar-refractivity contribution in [1.29, 1.82) is 0 Å². The van der Waals surface area contributed by atoms with Gasteiger partial charge in [-0.25, -0.2) is 4.79 Å². The Kier molecular flexibility index (Phi) is 6.74. The number of morpholine rings is 1. The first-order valence-corrected chi connectivity index (χ1v) is 7.96. The zero-order chi connectivity index (χ0) is 17.4. The molecule has 1 fully saturated rings. The minimum Gasteiger partial charge on any atom is -0.462 e. The Morgan fingerprint density at radius 2 is 1.83 bits per heavy atom. The zero-order valence-corrected chi connectivity index (χ0v) is 13.7. The molecule has 1 heterocycles. The number of amides is 2. The molecular formula is C17H22N2O5. The molecule has 0 bridgehead atoms. The third kappa shape index (κ3) is 5.66. The maximum Gasteiger partial charge on any atom is 0.338 e.